The van der Waals surface area contributed by atoms with Crippen LogP contribution in [0, 0.1) is 17.8 Å². The summed E-state index contributed by atoms with van der Waals surface area (Å²) in [6, 6.07) is 12.5. The fourth-order valence-corrected chi connectivity index (χ4v) is 12.3. The zero-order valence-corrected chi connectivity index (χ0v) is 35.1. The molecule has 2 aromatic carbocycles. The van der Waals surface area contributed by atoms with Gasteiger partial charge in [0.15, 0.2) is 0 Å². The van der Waals surface area contributed by atoms with Crippen molar-refractivity contribution in [2.45, 2.75) is 94.1 Å². The topological polar surface area (TPSA) is 101 Å². The van der Waals surface area contributed by atoms with Crippen molar-refractivity contribution in [1.82, 2.24) is 14.5 Å². The van der Waals surface area contributed by atoms with Gasteiger partial charge in [-0.05, 0) is 125 Å². The molecule has 8 atom stereocenters. The molecule has 0 aromatic heterocycles. The van der Waals surface area contributed by atoms with Crippen molar-refractivity contribution in [3.05, 3.63) is 70.3 Å². The van der Waals surface area contributed by atoms with Gasteiger partial charge in [0.05, 0.1) is 17.5 Å². The maximum absolute atomic E-state index is 14.1. The van der Waals surface area contributed by atoms with E-state index in [9.17, 15) is 13.2 Å². The van der Waals surface area contributed by atoms with Crippen LogP contribution in [0.3, 0.4) is 0 Å². The second-order valence-corrected chi connectivity index (χ2v) is 19.7. The number of aryl methyl sites for hydroxylation is 1. The van der Waals surface area contributed by atoms with Crippen LogP contribution in [0.1, 0.15) is 80.8 Å². The SMILES string of the molecule is COCC[C@@H]1[C@@H](C)C/C=C\[C@@](CN2C[C@@H](C)N(C)[C@@H](C)C2)(OC)[C@@H]2CC[C@H]2CN2C[C@@]3(CCCc4cc(Cl)ccc43)COc3ccc(cc32)C(=O)NS1(=O)=O. The average molecular weight is 798 g/mol. The number of carbonyl (C=O) groups excluding carboxylic acids is 1. The molecule has 10 nitrogen and oxygen atoms in total. The molecule has 302 valence electrons. The van der Waals surface area contributed by atoms with Crippen LogP contribution >= 0.6 is 11.6 Å². The number of hydrogen-bond donors (Lipinski definition) is 1. The van der Waals surface area contributed by atoms with Crippen molar-refractivity contribution in [3.63, 3.8) is 0 Å². The summed E-state index contributed by atoms with van der Waals surface area (Å²) in [4.78, 5) is 21.4. The smallest absolute Gasteiger partial charge is 0.264 e. The molecular weight excluding hydrogens is 736 g/mol. The molecule has 2 bridgehead atoms. The van der Waals surface area contributed by atoms with Crippen molar-refractivity contribution < 1.29 is 27.4 Å². The van der Waals surface area contributed by atoms with Crippen LogP contribution in [-0.2, 0) is 31.3 Å². The Bertz CT molecular complexity index is 1850. The van der Waals surface area contributed by atoms with Crippen molar-refractivity contribution in [3.8, 4) is 5.75 Å². The van der Waals surface area contributed by atoms with Gasteiger partial charge >= 0.3 is 0 Å². The molecule has 3 aliphatic heterocycles. The first-order chi connectivity index (χ1) is 26.3. The number of likely N-dealkylation sites (N-methyl/N-ethyl adjacent to an activating group) is 1. The molecule has 0 radical (unpaired) electrons. The minimum Gasteiger partial charge on any atom is -0.490 e. The summed E-state index contributed by atoms with van der Waals surface area (Å²) in [6.45, 7) is 11.5. The Labute approximate surface area is 333 Å². The summed E-state index contributed by atoms with van der Waals surface area (Å²) < 4.78 is 49.4. The first-order valence-electron chi connectivity index (χ1n) is 20.3. The number of fused-ring (bicyclic) bond motifs is 4. The second kappa shape index (κ2) is 16.3. The van der Waals surface area contributed by atoms with Gasteiger partial charge in [0.25, 0.3) is 5.91 Å². The van der Waals surface area contributed by atoms with Gasteiger partial charge in [-0.3, -0.25) is 14.6 Å². The Kier molecular flexibility index (Phi) is 12.0. The number of sulfonamides is 1. The third-order valence-corrected chi connectivity index (χ3v) is 16.1. The second-order valence-electron chi connectivity index (χ2n) is 17.4. The summed E-state index contributed by atoms with van der Waals surface area (Å²) in [5, 5.41) is -0.0874. The van der Waals surface area contributed by atoms with E-state index in [0.29, 0.717) is 48.9 Å². The van der Waals surface area contributed by atoms with E-state index in [2.05, 4.69) is 64.6 Å². The number of rotatable bonds is 6. The first-order valence-corrected chi connectivity index (χ1v) is 22.2. The molecule has 55 heavy (non-hydrogen) atoms. The highest BCUT2D eigenvalue weighted by atomic mass is 35.5. The van der Waals surface area contributed by atoms with E-state index in [4.69, 9.17) is 25.8 Å². The van der Waals surface area contributed by atoms with Crippen LogP contribution in [0.5, 0.6) is 5.75 Å². The fraction of sp³-hybridized carbons (Fsp3) is 0.651. The van der Waals surface area contributed by atoms with Gasteiger partial charge in [0.2, 0.25) is 10.0 Å². The minimum atomic E-state index is -4.07. The Morgan fingerprint density at radius 1 is 1.04 bits per heavy atom. The van der Waals surface area contributed by atoms with Gasteiger partial charge in [0, 0.05) is 81.6 Å². The van der Waals surface area contributed by atoms with Gasteiger partial charge in [-0.25, -0.2) is 13.1 Å². The molecule has 2 fully saturated rings. The Balaban J connectivity index is 1.32. The molecule has 2 aliphatic carbocycles. The Morgan fingerprint density at radius 2 is 1.82 bits per heavy atom. The van der Waals surface area contributed by atoms with E-state index in [0.717, 1.165) is 69.0 Å². The van der Waals surface area contributed by atoms with Crippen molar-refractivity contribution in [2.24, 2.45) is 17.8 Å². The number of hydrogen-bond acceptors (Lipinski definition) is 9. The first kappa shape index (κ1) is 40.5. The van der Waals surface area contributed by atoms with Crippen LogP contribution in [0.2, 0.25) is 5.02 Å². The fourth-order valence-electron chi connectivity index (χ4n) is 10.4. The number of methoxy groups -OCH3 is 2. The number of anilines is 1. The number of benzene rings is 2. The lowest BCUT2D eigenvalue weighted by Crippen LogP contribution is -2.61. The van der Waals surface area contributed by atoms with E-state index < -0.39 is 26.8 Å². The van der Waals surface area contributed by atoms with Crippen molar-refractivity contribution >= 4 is 33.2 Å². The van der Waals surface area contributed by atoms with Gasteiger partial charge in [-0.15, -0.1) is 0 Å². The number of amides is 1. The van der Waals surface area contributed by atoms with Crippen LogP contribution < -0.4 is 14.4 Å². The number of nitrogens with one attached hydrogen (secondary N) is 1. The van der Waals surface area contributed by atoms with Gasteiger partial charge < -0.3 is 19.1 Å². The van der Waals surface area contributed by atoms with Crippen molar-refractivity contribution in [2.75, 3.05) is 72.1 Å². The number of allylic oxidation sites excluding steroid dienone is 1. The Morgan fingerprint density at radius 3 is 2.53 bits per heavy atom. The summed E-state index contributed by atoms with van der Waals surface area (Å²) in [5.41, 5.74) is 2.82. The van der Waals surface area contributed by atoms with E-state index in [-0.39, 0.29) is 30.3 Å². The van der Waals surface area contributed by atoms with E-state index in [1.807, 2.05) is 32.2 Å². The van der Waals surface area contributed by atoms with Crippen LogP contribution in [0.25, 0.3) is 0 Å². The molecule has 1 saturated heterocycles. The number of ether oxygens (including phenoxy) is 3. The number of carbonyl (C=O) groups is 1. The average Bonchev–Trinajstić information content (AvgIpc) is 3.28. The number of piperazine rings is 1. The highest BCUT2D eigenvalue weighted by Gasteiger charge is 2.50. The summed E-state index contributed by atoms with van der Waals surface area (Å²) in [6.07, 6.45) is 10.3. The zero-order chi connectivity index (χ0) is 39.1. The van der Waals surface area contributed by atoms with Crippen molar-refractivity contribution in [1.29, 1.82) is 0 Å². The number of halogens is 1. The summed E-state index contributed by atoms with van der Waals surface area (Å²) >= 11 is 6.52. The van der Waals surface area contributed by atoms with E-state index >= 15 is 0 Å². The molecule has 12 heteroatoms. The highest BCUT2D eigenvalue weighted by Crippen LogP contribution is 2.49. The maximum Gasteiger partial charge on any atom is 0.264 e. The number of nitrogens with zero attached hydrogens (tertiary/aromatic N) is 3. The monoisotopic (exact) mass is 796 g/mol. The maximum atomic E-state index is 14.1. The van der Waals surface area contributed by atoms with E-state index in [1.54, 1.807) is 13.2 Å². The minimum absolute atomic E-state index is 0.239. The summed E-state index contributed by atoms with van der Waals surface area (Å²) in [5.74, 6) is 0.357. The van der Waals surface area contributed by atoms with Gasteiger partial charge in [-0.1, -0.05) is 36.7 Å². The predicted octanol–water partition coefficient (Wildman–Crippen LogP) is 6.31. The standard InChI is InChI=1S/C43H61ClN4O6S/c1-29-9-7-19-43(53-6,27-47-23-30(2)46(4)31(3)24-47)37-14-11-34(37)25-48-26-42(18-8-10-32-21-35(44)13-15-36(32)42)28-54-39-16-12-33(22-38(39)48)41(49)45-55(50,51)40(29)17-20-52-5/h7,12-13,15-16,19,21-22,29-31,34,37,40H,8-11,14,17-18,20,23-28H2,1-6H3,(H,45,49)/b19-7-/t29-,30-,31+,34-,37+,40+,42-,43-/m0/s1. The lowest BCUT2D eigenvalue weighted by Gasteiger charge is -2.53. The van der Waals surface area contributed by atoms with Gasteiger partial charge in [-0.2, -0.15) is 0 Å². The molecule has 0 unspecified atom stereocenters. The molecule has 1 saturated carbocycles. The Hall–Kier alpha value is -2.67. The molecule has 1 amide bonds. The summed E-state index contributed by atoms with van der Waals surface area (Å²) in [7, 11) is 1.57. The lowest BCUT2D eigenvalue weighted by molar-refractivity contribution is -0.101. The van der Waals surface area contributed by atoms with Crippen LogP contribution in [0.4, 0.5) is 5.69 Å². The third kappa shape index (κ3) is 8.08. The molecule has 7 rings (SSSR count). The predicted molar refractivity (Wildman–Crippen MR) is 219 cm³/mol. The molecule has 1 N–H and O–H groups in total. The largest absolute Gasteiger partial charge is 0.490 e. The lowest BCUT2D eigenvalue weighted by atomic mass is 9.63. The quantitative estimate of drug-likeness (QED) is 0.338. The molecule has 1 spiro atoms. The van der Waals surface area contributed by atoms with Gasteiger partial charge in [0.1, 0.15) is 11.4 Å². The third-order valence-electron chi connectivity index (χ3n) is 13.9. The highest BCUT2D eigenvalue weighted by molar-refractivity contribution is 7.90. The molecule has 2 aromatic rings. The van der Waals surface area contributed by atoms with E-state index in [1.165, 1.54) is 11.1 Å². The normalized spacial score (nSPS) is 34.7. The molecular formula is C43H61ClN4O6S. The molecule has 3 heterocycles. The molecule has 5 aliphatic rings. The van der Waals surface area contributed by atoms with Crippen LogP contribution in [-0.4, -0.2) is 114 Å². The zero-order valence-electron chi connectivity index (χ0n) is 33.6. The van der Waals surface area contributed by atoms with Crippen LogP contribution in [0.15, 0.2) is 48.6 Å².